The summed E-state index contributed by atoms with van der Waals surface area (Å²) in [5, 5.41) is 5.41. The summed E-state index contributed by atoms with van der Waals surface area (Å²) in [5.74, 6) is 0.716. The van der Waals surface area contributed by atoms with Crippen LogP contribution in [0.25, 0.3) is 0 Å². The van der Waals surface area contributed by atoms with E-state index in [4.69, 9.17) is 10.5 Å². The molecule has 1 aromatic heterocycles. The zero-order valence-corrected chi connectivity index (χ0v) is 11.9. The number of nitrogen functional groups attached to an aromatic ring is 1. The molecule has 20 heavy (non-hydrogen) atoms. The molecule has 1 fully saturated rings. The average molecular weight is 289 g/mol. The second-order valence-corrected chi connectivity index (χ2v) is 5.59. The molecule has 0 saturated heterocycles. The molecule has 0 atom stereocenters. The zero-order chi connectivity index (χ0) is 14.1. The summed E-state index contributed by atoms with van der Waals surface area (Å²) in [6.45, 7) is 0. The number of nitrogens with zero attached hydrogens (tertiary/aromatic N) is 1. The van der Waals surface area contributed by atoms with Crippen LogP contribution in [0.15, 0.2) is 23.6 Å². The second kappa shape index (κ2) is 5.13. The van der Waals surface area contributed by atoms with Gasteiger partial charge in [0.15, 0.2) is 10.9 Å². The molecule has 1 aliphatic rings. The number of nitrogens with two attached hydrogens (primary N) is 1. The first kappa shape index (κ1) is 12.9. The lowest BCUT2D eigenvalue weighted by atomic mass is 10.1. The van der Waals surface area contributed by atoms with Gasteiger partial charge in [0.2, 0.25) is 0 Å². The van der Waals surface area contributed by atoms with E-state index in [2.05, 4.69) is 10.3 Å². The lowest BCUT2D eigenvalue weighted by Crippen LogP contribution is -2.13. The van der Waals surface area contributed by atoms with Crippen LogP contribution >= 0.6 is 11.3 Å². The van der Waals surface area contributed by atoms with Crippen LogP contribution in [-0.2, 0) is 0 Å². The number of aromatic nitrogens is 1. The zero-order valence-electron chi connectivity index (χ0n) is 11.1. The molecule has 0 spiro atoms. The summed E-state index contributed by atoms with van der Waals surface area (Å²) in [7, 11) is 1.50. The predicted octanol–water partition coefficient (Wildman–Crippen LogP) is 2.86. The van der Waals surface area contributed by atoms with Gasteiger partial charge in [-0.3, -0.25) is 10.1 Å². The van der Waals surface area contributed by atoms with E-state index in [1.807, 2.05) is 5.38 Å². The Balaban J connectivity index is 1.79. The molecule has 6 heteroatoms. The van der Waals surface area contributed by atoms with Crippen LogP contribution in [0.1, 0.15) is 34.8 Å². The molecule has 2 aromatic rings. The number of benzene rings is 1. The van der Waals surface area contributed by atoms with Gasteiger partial charge in [-0.25, -0.2) is 4.98 Å². The highest BCUT2D eigenvalue weighted by Gasteiger charge is 2.26. The van der Waals surface area contributed by atoms with Gasteiger partial charge in [-0.1, -0.05) is 6.07 Å². The Bertz CT molecular complexity index is 650. The van der Waals surface area contributed by atoms with E-state index >= 15 is 0 Å². The van der Waals surface area contributed by atoms with Crippen LogP contribution in [-0.4, -0.2) is 18.0 Å². The number of nitrogens with one attached hydrogen (secondary N) is 1. The normalized spacial score (nSPS) is 14.1. The fourth-order valence-corrected chi connectivity index (χ4v) is 2.82. The minimum Gasteiger partial charge on any atom is -0.494 e. The highest BCUT2D eigenvalue weighted by Crippen LogP contribution is 2.41. The van der Waals surface area contributed by atoms with Gasteiger partial charge in [-0.2, -0.15) is 0 Å². The van der Waals surface area contributed by atoms with Crippen molar-refractivity contribution in [2.24, 2.45) is 0 Å². The Morgan fingerprint density at radius 3 is 3.00 bits per heavy atom. The third-order valence-corrected chi connectivity index (χ3v) is 4.01. The Hall–Kier alpha value is -2.08. The number of anilines is 2. The summed E-state index contributed by atoms with van der Waals surface area (Å²) in [5.41, 5.74) is 7.73. The molecule has 3 N–H and O–H groups in total. The molecule has 5 nitrogen and oxygen atoms in total. The first-order chi connectivity index (χ1) is 9.69. The van der Waals surface area contributed by atoms with Crippen molar-refractivity contribution in [2.45, 2.75) is 18.8 Å². The molecule has 1 saturated carbocycles. The Kier molecular flexibility index (Phi) is 3.31. The van der Waals surface area contributed by atoms with E-state index in [1.54, 1.807) is 18.2 Å². The molecule has 1 amide bonds. The number of amides is 1. The molecule has 0 radical (unpaired) electrons. The van der Waals surface area contributed by atoms with Gasteiger partial charge < -0.3 is 10.5 Å². The number of carbonyl (C=O) groups is 1. The fourth-order valence-electron chi connectivity index (χ4n) is 2.04. The highest BCUT2D eigenvalue weighted by atomic mass is 32.1. The molecule has 1 aliphatic carbocycles. The predicted molar refractivity (Wildman–Crippen MR) is 79.4 cm³/mol. The number of para-hydroxylation sites is 1. The van der Waals surface area contributed by atoms with Gasteiger partial charge in [0.1, 0.15) is 0 Å². The molecule has 104 valence electrons. The van der Waals surface area contributed by atoms with E-state index in [1.165, 1.54) is 31.3 Å². The van der Waals surface area contributed by atoms with Crippen molar-refractivity contribution in [3.8, 4) is 5.75 Å². The third-order valence-electron chi connectivity index (χ3n) is 3.23. The minimum atomic E-state index is -0.258. The van der Waals surface area contributed by atoms with Crippen LogP contribution in [0.3, 0.4) is 0 Å². The summed E-state index contributed by atoms with van der Waals surface area (Å²) < 4.78 is 5.19. The van der Waals surface area contributed by atoms with Crippen LogP contribution < -0.4 is 15.8 Å². The van der Waals surface area contributed by atoms with Crippen LogP contribution in [0.2, 0.25) is 0 Å². The van der Waals surface area contributed by atoms with Crippen molar-refractivity contribution in [1.29, 1.82) is 0 Å². The number of rotatable bonds is 4. The van der Waals surface area contributed by atoms with Gasteiger partial charge in [-0.05, 0) is 25.0 Å². The van der Waals surface area contributed by atoms with Crippen LogP contribution in [0, 0.1) is 0 Å². The Labute approximate surface area is 120 Å². The number of methoxy groups -OCH3 is 1. The van der Waals surface area contributed by atoms with Crippen LogP contribution in [0.4, 0.5) is 10.8 Å². The van der Waals surface area contributed by atoms with E-state index in [-0.39, 0.29) is 5.91 Å². The van der Waals surface area contributed by atoms with Crippen molar-refractivity contribution >= 4 is 28.1 Å². The van der Waals surface area contributed by atoms with Crippen molar-refractivity contribution in [2.75, 3.05) is 18.2 Å². The second-order valence-electron chi connectivity index (χ2n) is 4.73. The third kappa shape index (κ3) is 2.46. The van der Waals surface area contributed by atoms with E-state index in [9.17, 15) is 4.79 Å². The van der Waals surface area contributed by atoms with Crippen LogP contribution in [0.5, 0.6) is 5.75 Å². The number of hydrogen-bond acceptors (Lipinski definition) is 5. The number of hydrogen-bond donors (Lipinski definition) is 2. The lowest BCUT2D eigenvalue weighted by Gasteiger charge is -2.09. The molecule has 0 bridgehead atoms. The van der Waals surface area contributed by atoms with Crippen molar-refractivity contribution in [1.82, 2.24) is 4.98 Å². The molecule has 1 heterocycles. The van der Waals surface area contributed by atoms with E-state index in [0.29, 0.717) is 28.0 Å². The Morgan fingerprint density at radius 2 is 2.30 bits per heavy atom. The summed E-state index contributed by atoms with van der Waals surface area (Å²) in [6.07, 6.45) is 2.39. The van der Waals surface area contributed by atoms with Gasteiger partial charge >= 0.3 is 0 Å². The van der Waals surface area contributed by atoms with Gasteiger partial charge in [0, 0.05) is 11.3 Å². The standard InChI is InChI=1S/C14H15N3O2S/c1-19-12-9(3-2-4-10(12)15)13(18)17-14-16-11(7-20-14)8-5-6-8/h2-4,7-8H,5-6,15H2,1H3,(H,16,17,18). The van der Waals surface area contributed by atoms with Crippen molar-refractivity contribution in [3.63, 3.8) is 0 Å². The molecular weight excluding hydrogens is 274 g/mol. The molecular formula is C14H15N3O2S. The van der Waals surface area contributed by atoms with Crippen molar-refractivity contribution < 1.29 is 9.53 Å². The Morgan fingerprint density at radius 1 is 1.50 bits per heavy atom. The quantitative estimate of drug-likeness (QED) is 0.848. The summed E-state index contributed by atoms with van der Waals surface area (Å²) in [6, 6.07) is 5.11. The van der Waals surface area contributed by atoms with Crippen molar-refractivity contribution in [3.05, 3.63) is 34.8 Å². The monoisotopic (exact) mass is 289 g/mol. The SMILES string of the molecule is COc1c(N)cccc1C(=O)Nc1nc(C2CC2)cs1. The molecule has 0 aliphatic heterocycles. The smallest absolute Gasteiger partial charge is 0.261 e. The number of ether oxygens (including phenoxy) is 1. The largest absolute Gasteiger partial charge is 0.494 e. The van der Waals surface area contributed by atoms with Gasteiger partial charge in [0.05, 0.1) is 24.1 Å². The summed E-state index contributed by atoms with van der Waals surface area (Å²) in [4.78, 5) is 16.7. The average Bonchev–Trinajstić information content (AvgIpc) is 3.19. The summed E-state index contributed by atoms with van der Waals surface area (Å²) >= 11 is 1.44. The lowest BCUT2D eigenvalue weighted by molar-refractivity contribution is 0.102. The first-order valence-corrected chi connectivity index (χ1v) is 7.26. The first-order valence-electron chi connectivity index (χ1n) is 6.38. The number of thiazole rings is 1. The maximum absolute atomic E-state index is 12.3. The fraction of sp³-hybridized carbons (Fsp3) is 0.286. The van der Waals surface area contributed by atoms with E-state index < -0.39 is 0 Å². The highest BCUT2D eigenvalue weighted by molar-refractivity contribution is 7.14. The van der Waals surface area contributed by atoms with Gasteiger partial charge in [-0.15, -0.1) is 11.3 Å². The topological polar surface area (TPSA) is 77.2 Å². The number of carbonyl (C=O) groups excluding carboxylic acids is 1. The van der Waals surface area contributed by atoms with Gasteiger partial charge in [0.25, 0.3) is 5.91 Å². The molecule has 1 aromatic carbocycles. The maximum Gasteiger partial charge on any atom is 0.261 e. The maximum atomic E-state index is 12.3. The van der Waals surface area contributed by atoms with E-state index in [0.717, 1.165) is 5.69 Å². The molecule has 0 unspecified atom stereocenters. The molecule has 3 rings (SSSR count). The minimum absolute atomic E-state index is 0.258.